The molecular weight excluding hydrogens is 604 g/mol. The van der Waals surface area contributed by atoms with E-state index in [4.69, 9.17) is 6.42 Å². The molecule has 48 heavy (non-hydrogen) atoms. The zero-order valence-corrected chi connectivity index (χ0v) is 27.2. The van der Waals surface area contributed by atoms with Crippen LogP contribution in [0.2, 0.25) is 0 Å². The molecule has 246 valence electrons. The molecule has 0 aliphatic heterocycles. The molecule has 7 nitrogen and oxygen atoms in total. The molecule has 0 bridgehead atoms. The molecule has 3 aromatic carbocycles. The van der Waals surface area contributed by atoms with E-state index in [9.17, 15) is 35.1 Å². The minimum atomic E-state index is -0.798. The quantitative estimate of drug-likeness (QED) is 0.0354. The lowest BCUT2D eigenvalue weighted by atomic mass is 9.66. The molecule has 0 heterocycles. The van der Waals surface area contributed by atoms with E-state index in [2.05, 4.69) is 5.92 Å². The number of benzene rings is 3. The third-order valence-corrected chi connectivity index (χ3v) is 8.47. The van der Waals surface area contributed by atoms with Crippen LogP contribution in [0, 0.1) is 24.2 Å². The highest BCUT2D eigenvalue weighted by Gasteiger charge is 2.40. The van der Waals surface area contributed by atoms with Gasteiger partial charge in [0, 0.05) is 17.9 Å². The second-order valence-corrected chi connectivity index (χ2v) is 12.3. The summed E-state index contributed by atoms with van der Waals surface area (Å²) in [5.41, 5.74) is 3.63. The van der Waals surface area contributed by atoms with E-state index < -0.39 is 23.5 Å². The summed E-state index contributed by atoms with van der Waals surface area (Å²) in [4.78, 5) is 27.9. The summed E-state index contributed by atoms with van der Waals surface area (Å²) in [7, 11) is 0. The number of carbonyl (C=O) groups is 2. The van der Waals surface area contributed by atoms with Gasteiger partial charge in [-0.15, -0.1) is 6.42 Å². The summed E-state index contributed by atoms with van der Waals surface area (Å²) >= 11 is 0. The van der Waals surface area contributed by atoms with Crippen molar-refractivity contribution in [3.63, 3.8) is 0 Å². The minimum absolute atomic E-state index is 0.0384. The van der Waals surface area contributed by atoms with Gasteiger partial charge in [0.25, 0.3) is 0 Å². The second kappa shape index (κ2) is 15.7. The van der Waals surface area contributed by atoms with Crippen LogP contribution in [0.15, 0.2) is 114 Å². The average molecular weight is 645 g/mol. The number of hydrogen-bond donors (Lipinski definition) is 5. The zero-order chi connectivity index (χ0) is 35.0. The maximum atomic E-state index is 14.6. The van der Waals surface area contributed by atoms with Crippen LogP contribution in [0.5, 0.6) is 23.0 Å². The largest absolute Gasteiger partial charge is 0.512 e. The van der Waals surface area contributed by atoms with E-state index in [1.165, 1.54) is 42.5 Å². The number of aromatic hydroxyl groups is 4. The molecule has 0 aromatic heterocycles. The van der Waals surface area contributed by atoms with Crippen molar-refractivity contribution in [1.29, 1.82) is 0 Å². The fraction of sp³-hybridized carbons (Fsp3) is 0.220. The molecule has 5 N–H and O–H groups in total. The molecule has 0 radical (unpaired) electrons. The van der Waals surface area contributed by atoms with Crippen molar-refractivity contribution in [1.82, 2.24) is 0 Å². The van der Waals surface area contributed by atoms with Crippen molar-refractivity contribution >= 4 is 17.6 Å². The molecule has 0 saturated carbocycles. The topological polar surface area (TPSA) is 135 Å². The Hall–Kier alpha value is -5.74. The van der Waals surface area contributed by atoms with Crippen LogP contribution >= 0.6 is 0 Å². The molecule has 1 aliphatic rings. The van der Waals surface area contributed by atoms with Crippen molar-refractivity contribution in [2.75, 3.05) is 0 Å². The van der Waals surface area contributed by atoms with Crippen molar-refractivity contribution in [2.45, 2.75) is 46.0 Å². The van der Waals surface area contributed by atoms with Gasteiger partial charge in [-0.3, -0.25) is 9.59 Å². The van der Waals surface area contributed by atoms with Crippen LogP contribution in [0.1, 0.15) is 66.6 Å². The Morgan fingerprint density at radius 3 is 2.19 bits per heavy atom. The van der Waals surface area contributed by atoms with E-state index in [1.807, 2.05) is 32.9 Å². The van der Waals surface area contributed by atoms with Gasteiger partial charge >= 0.3 is 0 Å². The molecule has 3 atom stereocenters. The first-order chi connectivity index (χ1) is 22.9. The number of aliphatic hydroxyl groups is 1. The third-order valence-electron chi connectivity index (χ3n) is 8.47. The number of phenols is 4. The van der Waals surface area contributed by atoms with Gasteiger partial charge in [0.1, 0.15) is 28.8 Å². The Bertz CT molecular complexity index is 1860. The number of ketones is 2. The summed E-state index contributed by atoms with van der Waals surface area (Å²) in [5.74, 6) is -0.894. The lowest BCUT2D eigenvalue weighted by molar-refractivity contribution is -0.111. The molecule has 1 aliphatic carbocycles. The summed E-state index contributed by atoms with van der Waals surface area (Å²) in [6, 6.07) is 15.7. The summed E-state index contributed by atoms with van der Waals surface area (Å²) in [5, 5.41) is 52.9. The van der Waals surface area contributed by atoms with E-state index in [-0.39, 0.29) is 64.1 Å². The predicted octanol–water partition coefficient (Wildman–Crippen LogP) is 8.24. The summed E-state index contributed by atoms with van der Waals surface area (Å²) in [6.07, 6.45) is 15.4. The van der Waals surface area contributed by atoms with Crippen molar-refractivity contribution in [3.8, 4) is 35.3 Å². The standard InChI is InChI=1S/C41H40O7/c1-5-6-7-32(36(44)20-11-27-9-14-30(42)15-10-27)38(46)24-29-22-26(4)23-35(28-12-16-31(43)17-13-28)39(29)41(48)34-19-21-37(45)33(40(34)47)18-8-25(2)3/h1,6-17,19-22,29,35,39,42-43,45-47H,18,23-24H2,2-4H3/b7-6-,20-11+,38-32-. The smallest absolute Gasteiger partial charge is 0.189 e. The van der Waals surface area contributed by atoms with Gasteiger partial charge < -0.3 is 25.5 Å². The van der Waals surface area contributed by atoms with Gasteiger partial charge in [0.2, 0.25) is 0 Å². The lowest BCUT2D eigenvalue weighted by Crippen LogP contribution is -2.33. The van der Waals surface area contributed by atoms with Crippen LogP contribution in [-0.2, 0) is 11.2 Å². The molecule has 7 heteroatoms. The first-order valence-corrected chi connectivity index (χ1v) is 15.6. The third kappa shape index (κ3) is 8.54. The SMILES string of the molecule is C#C/C=C\C(C(=O)/C=C/c1ccc(O)cc1)=C(\O)CC1C=C(C)CC(c2ccc(O)cc2)C1C(=O)c1ccc(O)c(CC=C(C)C)c1O. The Labute approximate surface area is 281 Å². The van der Waals surface area contributed by atoms with Gasteiger partial charge in [-0.2, -0.15) is 0 Å². The van der Waals surface area contributed by atoms with Crippen LogP contribution < -0.4 is 0 Å². The molecular formula is C41H40O7. The predicted molar refractivity (Wildman–Crippen MR) is 188 cm³/mol. The first kappa shape index (κ1) is 35.1. The highest BCUT2D eigenvalue weighted by atomic mass is 16.3. The van der Waals surface area contributed by atoms with Gasteiger partial charge in [-0.25, -0.2) is 0 Å². The minimum Gasteiger partial charge on any atom is -0.512 e. The number of phenolic OH excluding ortho intramolecular Hbond substituents is 4. The molecule has 0 saturated heterocycles. The van der Waals surface area contributed by atoms with Gasteiger partial charge in [0.05, 0.1) is 11.1 Å². The highest BCUT2D eigenvalue weighted by molar-refractivity contribution is 6.08. The number of Topliss-reactive ketones (excluding diaryl/α,β-unsaturated/α-hetero) is 1. The van der Waals surface area contributed by atoms with Crippen LogP contribution in [-0.4, -0.2) is 37.1 Å². The fourth-order valence-electron chi connectivity index (χ4n) is 6.06. The Kier molecular flexibility index (Phi) is 11.5. The summed E-state index contributed by atoms with van der Waals surface area (Å²) < 4.78 is 0. The maximum Gasteiger partial charge on any atom is 0.189 e. The Balaban J connectivity index is 1.80. The molecule has 4 rings (SSSR count). The van der Waals surface area contributed by atoms with E-state index in [1.54, 1.807) is 42.5 Å². The number of hydrogen-bond acceptors (Lipinski definition) is 7. The normalized spacial score (nSPS) is 18.2. The van der Waals surface area contributed by atoms with E-state index in [0.717, 1.165) is 16.7 Å². The fourth-order valence-corrected chi connectivity index (χ4v) is 6.06. The van der Waals surface area contributed by atoms with Crippen molar-refractivity contribution < 1.29 is 35.1 Å². The Morgan fingerprint density at radius 2 is 1.56 bits per heavy atom. The zero-order valence-electron chi connectivity index (χ0n) is 27.2. The molecule has 0 fully saturated rings. The molecule has 3 aromatic rings. The van der Waals surface area contributed by atoms with Crippen LogP contribution in [0.3, 0.4) is 0 Å². The second-order valence-electron chi connectivity index (χ2n) is 12.3. The van der Waals surface area contributed by atoms with Crippen molar-refractivity contribution in [2.24, 2.45) is 11.8 Å². The first-order valence-electron chi connectivity index (χ1n) is 15.6. The number of aliphatic hydroxyl groups excluding tert-OH is 1. The van der Waals surface area contributed by atoms with Gasteiger partial charge in [0.15, 0.2) is 11.6 Å². The van der Waals surface area contributed by atoms with Gasteiger partial charge in [-0.1, -0.05) is 59.6 Å². The number of carbonyl (C=O) groups excluding carboxylic acids is 2. The van der Waals surface area contributed by atoms with Gasteiger partial charge in [-0.05, 0) is 111 Å². The number of rotatable bonds is 11. The molecule has 0 spiro atoms. The molecule has 0 amide bonds. The Morgan fingerprint density at radius 1 is 0.917 bits per heavy atom. The van der Waals surface area contributed by atoms with Crippen molar-refractivity contribution in [3.05, 3.63) is 136 Å². The average Bonchev–Trinajstić information content (AvgIpc) is 3.04. The summed E-state index contributed by atoms with van der Waals surface area (Å²) in [6.45, 7) is 5.73. The molecule has 3 unspecified atom stereocenters. The van der Waals surface area contributed by atoms with Crippen LogP contribution in [0.4, 0.5) is 0 Å². The monoisotopic (exact) mass is 644 g/mol. The van der Waals surface area contributed by atoms with Crippen LogP contribution in [0.25, 0.3) is 6.08 Å². The maximum absolute atomic E-state index is 14.6. The number of allylic oxidation sites excluding steroid dienone is 9. The van der Waals surface area contributed by atoms with E-state index >= 15 is 0 Å². The number of terminal acetylenes is 1. The van der Waals surface area contributed by atoms with E-state index in [0.29, 0.717) is 12.0 Å². The lowest BCUT2D eigenvalue weighted by Gasteiger charge is -2.36. The highest BCUT2D eigenvalue weighted by Crippen LogP contribution is 2.46.